The fourth-order valence-electron chi connectivity index (χ4n) is 2.65. The van der Waals surface area contributed by atoms with Crippen LogP contribution in [0.2, 0.25) is 5.15 Å². The maximum atomic E-state index is 12.3. The van der Waals surface area contributed by atoms with E-state index in [0.29, 0.717) is 0 Å². The number of aromatic nitrogens is 2. The van der Waals surface area contributed by atoms with Crippen molar-refractivity contribution < 1.29 is 8.42 Å². The van der Waals surface area contributed by atoms with Gasteiger partial charge in [-0.1, -0.05) is 11.6 Å². The lowest BCUT2D eigenvalue weighted by Crippen LogP contribution is -2.30. The van der Waals surface area contributed by atoms with E-state index in [1.165, 1.54) is 37.6 Å². The number of nitrogens with zero attached hydrogens (tertiary/aromatic N) is 3. The normalized spacial score (nSPS) is 15.5. The lowest BCUT2D eigenvalue weighted by Gasteiger charge is -2.27. The molecule has 8 heteroatoms. The third-order valence-electron chi connectivity index (χ3n) is 3.97. The van der Waals surface area contributed by atoms with E-state index in [1.807, 2.05) is 12.1 Å². The van der Waals surface area contributed by atoms with E-state index in [4.69, 9.17) is 11.6 Å². The number of nitrogens with one attached hydrogen (secondary N) is 1. The van der Waals surface area contributed by atoms with Crippen LogP contribution in [0.3, 0.4) is 0 Å². The fraction of sp³-hybridized carbons (Fsp3) is 0.375. The third kappa shape index (κ3) is 4.23. The first kappa shape index (κ1) is 17.1. The van der Waals surface area contributed by atoms with Gasteiger partial charge in [0.2, 0.25) is 10.0 Å². The average Bonchev–Trinajstić information content (AvgIpc) is 2.61. The molecule has 0 bridgehead atoms. The summed E-state index contributed by atoms with van der Waals surface area (Å²) >= 11 is 5.69. The Morgan fingerprint density at radius 1 is 1.12 bits per heavy atom. The second kappa shape index (κ2) is 7.46. The molecule has 3 heterocycles. The summed E-state index contributed by atoms with van der Waals surface area (Å²) in [4.78, 5) is 10.5. The zero-order chi connectivity index (χ0) is 17.0. The molecule has 1 N–H and O–H groups in total. The molecule has 3 rings (SSSR count). The van der Waals surface area contributed by atoms with E-state index in [-0.39, 0.29) is 16.6 Å². The number of piperidine rings is 1. The van der Waals surface area contributed by atoms with E-state index in [9.17, 15) is 8.42 Å². The Kier molecular flexibility index (Phi) is 5.33. The molecule has 0 aliphatic carbocycles. The zero-order valence-corrected chi connectivity index (χ0v) is 14.7. The molecule has 0 unspecified atom stereocenters. The number of pyridine rings is 2. The maximum Gasteiger partial charge on any atom is 0.242 e. The monoisotopic (exact) mass is 366 g/mol. The highest BCUT2D eigenvalue weighted by Crippen LogP contribution is 2.19. The Morgan fingerprint density at radius 2 is 1.92 bits per heavy atom. The van der Waals surface area contributed by atoms with Crippen molar-refractivity contribution in [3.05, 3.63) is 47.4 Å². The van der Waals surface area contributed by atoms with Crippen LogP contribution in [0.15, 0.2) is 41.6 Å². The summed E-state index contributed by atoms with van der Waals surface area (Å²) in [5, 5.41) is 0.259. The first-order valence-corrected chi connectivity index (χ1v) is 9.72. The van der Waals surface area contributed by atoms with Crippen LogP contribution >= 0.6 is 11.6 Å². The predicted octanol–water partition coefficient (Wildman–Crippen LogP) is 2.60. The van der Waals surface area contributed by atoms with Crippen molar-refractivity contribution in [3.8, 4) is 0 Å². The number of halogens is 1. The first-order chi connectivity index (χ1) is 11.5. The van der Waals surface area contributed by atoms with Crippen LogP contribution in [-0.2, 0) is 16.6 Å². The van der Waals surface area contributed by atoms with Crippen LogP contribution in [0.25, 0.3) is 0 Å². The van der Waals surface area contributed by atoms with E-state index >= 15 is 0 Å². The highest BCUT2D eigenvalue weighted by Gasteiger charge is 2.15. The van der Waals surface area contributed by atoms with Crippen molar-refractivity contribution in [2.45, 2.75) is 30.7 Å². The van der Waals surface area contributed by atoms with Gasteiger partial charge in [0.05, 0.1) is 0 Å². The summed E-state index contributed by atoms with van der Waals surface area (Å²) in [7, 11) is -3.62. The summed E-state index contributed by atoms with van der Waals surface area (Å²) in [6, 6.07) is 6.64. The van der Waals surface area contributed by atoms with Crippen LogP contribution in [0, 0.1) is 0 Å². The van der Waals surface area contributed by atoms with Gasteiger partial charge in [0, 0.05) is 32.0 Å². The van der Waals surface area contributed by atoms with Crippen molar-refractivity contribution in [2.24, 2.45) is 0 Å². The molecule has 0 saturated carbocycles. The van der Waals surface area contributed by atoms with Crippen LogP contribution < -0.4 is 9.62 Å². The van der Waals surface area contributed by atoms with E-state index in [2.05, 4.69) is 19.6 Å². The molecule has 0 atom stereocenters. The highest BCUT2D eigenvalue weighted by atomic mass is 35.5. The lowest BCUT2D eigenvalue weighted by atomic mass is 10.1. The Hall–Kier alpha value is -1.70. The molecule has 128 valence electrons. The summed E-state index contributed by atoms with van der Waals surface area (Å²) in [6.07, 6.45) is 6.56. The van der Waals surface area contributed by atoms with Gasteiger partial charge in [-0.2, -0.15) is 0 Å². The lowest BCUT2D eigenvalue weighted by molar-refractivity contribution is 0.572. The molecule has 1 saturated heterocycles. The van der Waals surface area contributed by atoms with Crippen molar-refractivity contribution in [2.75, 3.05) is 18.0 Å². The summed E-state index contributed by atoms with van der Waals surface area (Å²) in [6.45, 7) is 2.20. The van der Waals surface area contributed by atoms with E-state index in [1.54, 1.807) is 6.20 Å². The second-order valence-corrected chi connectivity index (χ2v) is 7.87. The quantitative estimate of drug-likeness (QED) is 0.823. The predicted molar refractivity (Wildman–Crippen MR) is 93.6 cm³/mol. The Balaban J connectivity index is 1.68. The standard InChI is InChI=1S/C16H19ClN4O2S/c17-15-5-4-14(12-19-15)24(22,23)20-11-13-6-7-18-16(10-13)21-8-2-1-3-9-21/h4-7,10,12,20H,1-3,8-9,11H2. The maximum absolute atomic E-state index is 12.3. The largest absolute Gasteiger partial charge is 0.357 e. The molecular formula is C16H19ClN4O2S. The van der Waals surface area contributed by atoms with Crippen LogP contribution in [0.1, 0.15) is 24.8 Å². The molecule has 24 heavy (non-hydrogen) atoms. The Bertz CT molecular complexity index is 790. The van der Waals surface area contributed by atoms with Gasteiger partial charge in [-0.15, -0.1) is 0 Å². The summed E-state index contributed by atoms with van der Waals surface area (Å²) < 4.78 is 27.2. The minimum atomic E-state index is -3.62. The van der Waals surface area contributed by atoms with Crippen LogP contribution in [0.5, 0.6) is 0 Å². The summed E-state index contributed by atoms with van der Waals surface area (Å²) in [5.74, 6) is 0.902. The first-order valence-electron chi connectivity index (χ1n) is 7.86. The molecule has 1 aliphatic heterocycles. The molecule has 0 aromatic carbocycles. The van der Waals surface area contributed by atoms with Crippen molar-refractivity contribution in [1.29, 1.82) is 0 Å². The van der Waals surface area contributed by atoms with E-state index < -0.39 is 10.0 Å². The Morgan fingerprint density at radius 3 is 2.62 bits per heavy atom. The molecule has 1 aliphatic rings. The van der Waals surface area contributed by atoms with Crippen LogP contribution in [-0.4, -0.2) is 31.5 Å². The highest BCUT2D eigenvalue weighted by molar-refractivity contribution is 7.89. The molecule has 1 fully saturated rings. The number of hydrogen-bond acceptors (Lipinski definition) is 5. The number of anilines is 1. The zero-order valence-electron chi connectivity index (χ0n) is 13.2. The molecule has 2 aromatic rings. The van der Waals surface area contributed by atoms with Gasteiger partial charge in [-0.25, -0.2) is 23.1 Å². The molecule has 0 spiro atoms. The smallest absolute Gasteiger partial charge is 0.242 e. The van der Waals surface area contributed by atoms with Crippen LogP contribution in [0.4, 0.5) is 5.82 Å². The van der Waals surface area contributed by atoms with Crippen molar-refractivity contribution in [3.63, 3.8) is 0 Å². The van der Waals surface area contributed by atoms with Gasteiger partial charge in [0.25, 0.3) is 0 Å². The van der Waals surface area contributed by atoms with Gasteiger partial charge < -0.3 is 4.90 Å². The number of sulfonamides is 1. The Labute approximate surface area is 146 Å². The van der Waals surface area contributed by atoms with Gasteiger partial charge >= 0.3 is 0 Å². The average molecular weight is 367 g/mol. The third-order valence-corrected chi connectivity index (χ3v) is 5.58. The summed E-state index contributed by atoms with van der Waals surface area (Å²) in [5.41, 5.74) is 0.871. The molecular weight excluding hydrogens is 348 g/mol. The van der Waals surface area contributed by atoms with Gasteiger partial charge in [-0.3, -0.25) is 0 Å². The fourth-order valence-corrected chi connectivity index (χ4v) is 3.72. The topological polar surface area (TPSA) is 75.2 Å². The molecule has 0 amide bonds. The number of hydrogen-bond donors (Lipinski definition) is 1. The second-order valence-electron chi connectivity index (χ2n) is 5.71. The SMILES string of the molecule is O=S(=O)(NCc1ccnc(N2CCCCC2)c1)c1ccc(Cl)nc1. The minimum absolute atomic E-state index is 0.0946. The molecule has 2 aromatic heterocycles. The van der Waals surface area contributed by atoms with Gasteiger partial charge in [0.15, 0.2) is 0 Å². The molecule has 0 radical (unpaired) electrons. The van der Waals surface area contributed by atoms with Gasteiger partial charge in [-0.05, 0) is 49.1 Å². The molecule has 6 nitrogen and oxygen atoms in total. The number of rotatable bonds is 5. The van der Waals surface area contributed by atoms with Crippen molar-refractivity contribution >= 4 is 27.4 Å². The van der Waals surface area contributed by atoms with Gasteiger partial charge in [0.1, 0.15) is 15.9 Å². The van der Waals surface area contributed by atoms with E-state index in [0.717, 1.165) is 24.5 Å². The van der Waals surface area contributed by atoms with Crippen molar-refractivity contribution in [1.82, 2.24) is 14.7 Å². The minimum Gasteiger partial charge on any atom is -0.357 e.